The Balaban J connectivity index is 1.35. The first kappa shape index (κ1) is 22.6. The second-order valence-corrected chi connectivity index (χ2v) is 10.2. The molecule has 2 aromatic carbocycles. The molecule has 2 aliphatic rings. The minimum atomic E-state index is -3.73. The number of anilines is 1. The van der Waals surface area contributed by atoms with Crippen LogP contribution >= 0.6 is 0 Å². The summed E-state index contributed by atoms with van der Waals surface area (Å²) in [5, 5.41) is 8.07. The minimum absolute atomic E-state index is 0.0617. The van der Waals surface area contributed by atoms with E-state index in [9.17, 15) is 13.2 Å². The van der Waals surface area contributed by atoms with Crippen molar-refractivity contribution in [2.45, 2.75) is 55.8 Å². The molecule has 9 heteroatoms. The molecule has 1 spiro atoms. The van der Waals surface area contributed by atoms with Crippen molar-refractivity contribution in [2.24, 2.45) is 5.14 Å². The highest BCUT2D eigenvalue weighted by molar-refractivity contribution is 7.89. The van der Waals surface area contributed by atoms with Gasteiger partial charge in [-0.15, -0.1) is 0 Å². The van der Waals surface area contributed by atoms with E-state index in [0.717, 1.165) is 37.0 Å². The highest BCUT2D eigenvalue weighted by atomic mass is 32.2. The first-order valence-corrected chi connectivity index (χ1v) is 12.3. The normalized spacial score (nSPS) is 18.0. The summed E-state index contributed by atoms with van der Waals surface area (Å²) in [5.41, 5.74) is 1.54. The minimum Gasteiger partial charge on any atom is -0.448 e. The molecule has 32 heavy (non-hydrogen) atoms. The first-order valence-electron chi connectivity index (χ1n) is 10.8. The quantitative estimate of drug-likeness (QED) is 0.685. The Morgan fingerprint density at radius 1 is 1.09 bits per heavy atom. The molecule has 3 N–H and O–H groups in total. The maximum absolute atomic E-state index is 12.6. The Morgan fingerprint density at radius 3 is 2.41 bits per heavy atom. The number of nitrogens with one attached hydrogen (secondary N) is 1. The van der Waals surface area contributed by atoms with E-state index < -0.39 is 15.8 Å². The molecule has 0 radical (unpaired) electrons. The number of likely N-dealkylation sites (N-methyl/N-ethyl adjacent to an activating group) is 1. The average molecular weight is 460 g/mol. The van der Waals surface area contributed by atoms with Gasteiger partial charge in [0.15, 0.2) is 11.5 Å². The predicted molar refractivity (Wildman–Crippen MR) is 121 cm³/mol. The summed E-state index contributed by atoms with van der Waals surface area (Å²) in [6.45, 7) is 2.11. The topological polar surface area (TPSA) is 111 Å². The Kier molecular flexibility index (Phi) is 6.15. The Labute approximate surface area is 188 Å². The van der Waals surface area contributed by atoms with Gasteiger partial charge in [0.05, 0.1) is 11.4 Å². The van der Waals surface area contributed by atoms with Crippen molar-refractivity contribution in [1.29, 1.82) is 0 Å². The van der Waals surface area contributed by atoms with Crippen molar-refractivity contribution in [3.8, 4) is 11.5 Å². The van der Waals surface area contributed by atoms with Gasteiger partial charge in [-0.05, 0) is 56.6 Å². The number of fused-ring (bicyclic) bond motifs is 1. The molecule has 1 fully saturated rings. The molecule has 1 saturated carbocycles. The lowest BCUT2D eigenvalue weighted by Gasteiger charge is -2.31. The van der Waals surface area contributed by atoms with Crippen LogP contribution in [0, 0.1) is 0 Å². The van der Waals surface area contributed by atoms with Crippen LogP contribution in [0.3, 0.4) is 0 Å². The number of nitrogens with zero attached hydrogens (tertiary/aromatic N) is 1. The van der Waals surface area contributed by atoms with Crippen LogP contribution in [0.4, 0.5) is 5.69 Å². The molecular weight excluding hydrogens is 430 g/mol. The van der Waals surface area contributed by atoms with Gasteiger partial charge in [0.25, 0.3) is 5.79 Å². The number of primary sulfonamides is 1. The van der Waals surface area contributed by atoms with Crippen molar-refractivity contribution >= 4 is 21.6 Å². The zero-order valence-electron chi connectivity index (χ0n) is 18.3. The molecule has 1 aliphatic heterocycles. The van der Waals surface area contributed by atoms with Crippen molar-refractivity contribution in [3.63, 3.8) is 0 Å². The van der Waals surface area contributed by atoms with Gasteiger partial charge in [-0.25, -0.2) is 13.6 Å². The van der Waals surface area contributed by atoms with Crippen molar-refractivity contribution in [1.82, 2.24) is 4.90 Å². The van der Waals surface area contributed by atoms with Crippen molar-refractivity contribution < 1.29 is 22.7 Å². The van der Waals surface area contributed by atoms with Gasteiger partial charge in [-0.2, -0.15) is 0 Å². The Hall–Kier alpha value is -2.62. The molecule has 1 aliphatic carbocycles. The Bertz CT molecular complexity index is 1100. The van der Waals surface area contributed by atoms with Gasteiger partial charge in [0, 0.05) is 30.6 Å². The van der Waals surface area contributed by atoms with E-state index in [-0.39, 0.29) is 23.4 Å². The number of benzene rings is 2. The largest absolute Gasteiger partial charge is 0.448 e. The number of nitrogens with two attached hydrogens (primary N) is 1. The zero-order valence-corrected chi connectivity index (χ0v) is 19.2. The van der Waals surface area contributed by atoms with Crippen LogP contribution in [0.2, 0.25) is 0 Å². The van der Waals surface area contributed by atoms with E-state index in [0.29, 0.717) is 11.4 Å². The number of sulfonamides is 1. The number of ether oxygens (including phenoxy) is 2. The van der Waals surface area contributed by atoms with Crippen LogP contribution in [-0.2, 0) is 14.8 Å². The van der Waals surface area contributed by atoms with Crippen LogP contribution in [0.15, 0.2) is 47.4 Å². The molecule has 4 rings (SSSR count). The predicted octanol–water partition coefficient (Wildman–Crippen LogP) is 3.40. The smallest absolute Gasteiger partial charge is 0.251 e. The van der Waals surface area contributed by atoms with Gasteiger partial charge in [0.2, 0.25) is 15.9 Å². The van der Waals surface area contributed by atoms with Gasteiger partial charge in [-0.1, -0.05) is 18.6 Å². The third-order valence-corrected chi connectivity index (χ3v) is 7.11. The third-order valence-electron chi connectivity index (χ3n) is 6.18. The van der Waals surface area contributed by atoms with Crippen LogP contribution in [0.25, 0.3) is 0 Å². The molecule has 0 unspecified atom stereocenters. The van der Waals surface area contributed by atoms with Crippen molar-refractivity contribution in [3.05, 3.63) is 48.0 Å². The van der Waals surface area contributed by atoms with E-state index in [4.69, 9.17) is 14.6 Å². The zero-order chi connectivity index (χ0) is 22.9. The number of rotatable bonds is 6. The fraction of sp³-hybridized carbons (Fsp3) is 0.435. The molecule has 1 heterocycles. The van der Waals surface area contributed by atoms with E-state index in [1.54, 1.807) is 12.1 Å². The molecule has 172 valence electrons. The van der Waals surface area contributed by atoms with E-state index >= 15 is 0 Å². The summed E-state index contributed by atoms with van der Waals surface area (Å²) in [6.07, 6.45) is 5.14. The molecule has 0 saturated heterocycles. The van der Waals surface area contributed by atoms with Crippen LogP contribution in [0.5, 0.6) is 11.5 Å². The SMILES string of the molecule is C[C@@H](c1ccc(S(N)(=O)=O)cc1)N(C)CC(=O)Nc1ccc2c(c1)OC1(CCCCC1)O2. The summed E-state index contributed by atoms with van der Waals surface area (Å²) >= 11 is 0. The summed E-state index contributed by atoms with van der Waals surface area (Å²) in [6, 6.07) is 11.7. The third kappa shape index (κ3) is 4.90. The van der Waals surface area contributed by atoms with Crippen LogP contribution in [0.1, 0.15) is 50.6 Å². The molecule has 1 amide bonds. The van der Waals surface area contributed by atoms with Gasteiger partial charge in [0.1, 0.15) is 0 Å². The fourth-order valence-corrected chi connectivity index (χ4v) is 4.74. The summed E-state index contributed by atoms with van der Waals surface area (Å²) in [5.74, 6) is 0.684. The molecular formula is C23H29N3O5S. The van der Waals surface area contributed by atoms with Crippen molar-refractivity contribution in [2.75, 3.05) is 18.9 Å². The van der Waals surface area contributed by atoms with E-state index in [2.05, 4.69) is 5.32 Å². The lowest BCUT2D eigenvalue weighted by molar-refractivity contribution is -0.117. The summed E-state index contributed by atoms with van der Waals surface area (Å²) in [7, 11) is -1.89. The molecule has 8 nitrogen and oxygen atoms in total. The highest BCUT2D eigenvalue weighted by Gasteiger charge is 2.42. The summed E-state index contributed by atoms with van der Waals surface area (Å²) in [4.78, 5) is 14.6. The monoisotopic (exact) mass is 459 g/mol. The standard InChI is InChI=1S/C23H29N3O5S/c1-16(17-6-9-19(10-7-17)32(24,28)29)26(2)15-22(27)25-18-8-11-20-21(14-18)31-23(30-20)12-4-3-5-13-23/h6-11,14,16H,3-5,12-13,15H2,1-2H3,(H,25,27)(H2,24,28,29)/t16-/m0/s1. The second kappa shape index (κ2) is 8.73. The van der Waals surface area contributed by atoms with Gasteiger partial charge >= 0.3 is 0 Å². The lowest BCUT2D eigenvalue weighted by Crippen LogP contribution is -2.40. The molecule has 1 atom stereocenters. The fourth-order valence-electron chi connectivity index (χ4n) is 4.22. The maximum atomic E-state index is 12.6. The first-order chi connectivity index (χ1) is 15.2. The molecule has 2 aromatic rings. The average Bonchev–Trinajstić information content (AvgIpc) is 3.09. The van der Waals surface area contributed by atoms with Crippen LogP contribution < -0.4 is 19.9 Å². The molecule has 0 bridgehead atoms. The number of hydrogen-bond donors (Lipinski definition) is 2. The lowest BCUT2D eigenvalue weighted by atomic mass is 9.94. The number of carbonyl (C=O) groups is 1. The maximum Gasteiger partial charge on any atom is 0.251 e. The van der Waals surface area contributed by atoms with Gasteiger partial charge < -0.3 is 14.8 Å². The number of carbonyl (C=O) groups excluding carboxylic acids is 1. The van der Waals surface area contributed by atoms with Gasteiger partial charge in [-0.3, -0.25) is 9.69 Å². The number of hydrogen-bond acceptors (Lipinski definition) is 6. The number of amides is 1. The Morgan fingerprint density at radius 2 is 1.75 bits per heavy atom. The second-order valence-electron chi connectivity index (χ2n) is 8.59. The highest BCUT2D eigenvalue weighted by Crippen LogP contribution is 2.46. The van der Waals surface area contributed by atoms with E-state index in [1.807, 2.05) is 37.1 Å². The molecule has 0 aromatic heterocycles. The summed E-state index contributed by atoms with van der Waals surface area (Å²) < 4.78 is 35.1. The van der Waals surface area contributed by atoms with Crippen LogP contribution in [-0.4, -0.2) is 38.6 Å². The van der Waals surface area contributed by atoms with E-state index in [1.165, 1.54) is 18.6 Å².